The fraction of sp³-hybridized carbons (Fsp3) is 0.316. The predicted molar refractivity (Wildman–Crippen MR) is 113 cm³/mol. The Hall–Kier alpha value is -1.21. The topological polar surface area (TPSA) is 49.7 Å². The zero-order chi connectivity index (χ0) is 19.0. The average molecular weight is 441 g/mol. The van der Waals surface area contributed by atoms with Crippen LogP contribution in [0.5, 0.6) is 0 Å². The first kappa shape index (κ1) is 19.1. The molecule has 0 unspecified atom stereocenters. The summed E-state index contributed by atoms with van der Waals surface area (Å²) in [5, 5.41) is 2.31. The number of benzene rings is 2. The van der Waals surface area contributed by atoms with E-state index in [4.69, 9.17) is 28.2 Å². The molecule has 8 heteroatoms. The van der Waals surface area contributed by atoms with E-state index in [9.17, 15) is 8.42 Å². The Morgan fingerprint density at radius 1 is 0.963 bits per heavy atom. The molecule has 142 valence electrons. The summed E-state index contributed by atoms with van der Waals surface area (Å²) < 4.78 is 24.1. The number of sulfone groups is 1. The number of thioether (sulfide) groups is 1. The predicted octanol–water partition coefficient (Wildman–Crippen LogP) is 4.26. The zero-order valence-corrected chi connectivity index (χ0v) is 17.5. The quantitative estimate of drug-likeness (QED) is 0.712. The summed E-state index contributed by atoms with van der Waals surface area (Å²) in [5.74, 6) is 1.07. The highest BCUT2D eigenvalue weighted by atomic mass is 35.5. The highest BCUT2D eigenvalue weighted by Gasteiger charge is 2.46. The van der Waals surface area contributed by atoms with Crippen molar-refractivity contribution in [2.24, 2.45) is 4.99 Å². The lowest BCUT2D eigenvalue weighted by Gasteiger charge is -2.26. The number of amidine groups is 1. The molecule has 0 bridgehead atoms. The molecule has 2 aliphatic heterocycles. The Labute approximate surface area is 173 Å². The molecule has 27 heavy (non-hydrogen) atoms. The minimum absolute atomic E-state index is 0.0848. The molecule has 2 aromatic rings. The fourth-order valence-electron chi connectivity index (χ4n) is 3.41. The molecule has 0 N–H and O–H groups in total. The number of halogens is 2. The first-order chi connectivity index (χ1) is 12.9. The number of aliphatic imine (C=N–C) groups is 1. The van der Waals surface area contributed by atoms with E-state index in [0.717, 1.165) is 22.0 Å². The van der Waals surface area contributed by atoms with E-state index in [0.29, 0.717) is 16.6 Å². The molecule has 0 aliphatic carbocycles. The van der Waals surface area contributed by atoms with Crippen molar-refractivity contribution in [3.63, 3.8) is 0 Å². The standard InChI is InChI=1S/C19H18Cl2N2O2S2/c20-15-5-1-13(2-6-15)9-23-18-12-27(24,25)11-17(18)22-19(23)26-10-14-3-7-16(21)8-4-14/h1-8,17-18H,9-12H2/t17-,18+/m1/s1. The zero-order valence-electron chi connectivity index (χ0n) is 14.4. The van der Waals surface area contributed by atoms with E-state index in [2.05, 4.69) is 4.90 Å². The van der Waals surface area contributed by atoms with Crippen molar-refractivity contribution in [1.29, 1.82) is 0 Å². The molecule has 2 atom stereocenters. The van der Waals surface area contributed by atoms with Gasteiger partial charge in [-0.15, -0.1) is 0 Å². The van der Waals surface area contributed by atoms with E-state index in [1.807, 2.05) is 48.5 Å². The van der Waals surface area contributed by atoms with Crippen molar-refractivity contribution in [3.8, 4) is 0 Å². The molecular weight excluding hydrogens is 423 g/mol. The van der Waals surface area contributed by atoms with Crippen LogP contribution in [0.3, 0.4) is 0 Å². The Bertz CT molecular complexity index is 960. The summed E-state index contributed by atoms with van der Waals surface area (Å²) >= 11 is 13.6. The maximum absolute atomic E-state index is 12.1. The second-order valence-corrected chi connectivity index (χ2v) is 10.8. The van der Waals surface area contributed by atoms with Gasteiger partial charge in [0.05, 0.1) is 23.6 Å². The monoisotopic (exact) mass is 440 g/mol. The van der Waals surface area contributed by atoms with Crippen LogP contribution in [-0.4, -0.2) is 42.1 Å². The average Bonchev–Trinajstić information content (AvgIpc) is 3.09. The van der Waals surface area contributed by atoms with Crippen LogP contribution in [0.2, 0.25) is 10.0 Å². The van der Waals surface area contributed by atoms with Crippen LogP contribution in [0.1, 0.15) is 11.1 Å². The van der Waals surface area contributed by atoms with Crippen molar-refractivity contribution < 1.29 is 8.42 Å². The first-order valence-corrected chi connectivity index (χ1v) is 12.1. The van der Waals surface area contributed by atoms with Gasteiger partial charge in [-0.3, -0.25) is 4.99 Å². The van der Waals surface area contributed by atoms with Crippen molar-refractivity contribution >= 4 is 50.0 Å². The Kier molecular flexibility index (Phi) is 5.43. The van der Waals surface area contributed by atoms with Gasteiger partial charge in [0.25, 0.3) is 0 Å². The molecule has 0 amide bonds. The SMILES string of the molecule is O=S1(=O)C[C@H]2N=C(SCc3ccc(Cl)cc3)N(Cc3ccc(Cl)cc3)[C@H]2C1. The van der Waals surface area contributed by atoms with Crippen molar-refractivity contribution in [2.45, 2.75) is 24.4 Å². The van der Waals surface area contributed by atoms with Gasteiger partial charge in [-0.25, -0.2) is 8.42 Å². The summed E-state index contributed by atoms with van der Waals surface area (Å²) in [6, 6.07) is 15.1. The fourth-order valence-corrected chi connectivity index (χ4v) is 6.60. The number of hydrogen-bond donors (Lipinski definition) is 0. The Morgan fingerprint density at radius 3 is 2.19 bits per heavy atom. The molecule has 2 aliphatic rings. The molecule has 0 saturated carbocycles. The highest BCUT2D eigenvalue weighted by Crippen LogP contribution is 2.33. The summed E-state index contributed by atoms with van der Waals surface area (Å²) in [6.07, 6.45) is 0. The summed E-state index contributed by atoms with van der Waals surface area (Å²) in [6.45, 7) is 0.625. The molecule has 1 saturated heterocycles. The summed E-state index contributed by atoms with van der Waals surface area (Å²) in [7, 11) is -3.03. The van der Waals surface area contributed by atoms with Gasteiger partial charge in [0.1, 0.15) is 0 Å². The van der Waals surface area contributed by atoms with Gasteiger partial charge in [-0.1, -0.05) is 59.2 Å². The smallest absolute Gasteiger partial charge is 0.160 e. The Balaban J connectivity index is 1.53. The number of nitrogens with zero attached hydrogens (tertiary/aromatic N) is 2. The maximum Gasteiger partial charge on any atom is 0.160 e. The van der Waals surface area contributed by atoms with Crippen LogP contribution in [0.4, 0.5) is 0 Å². The molecule has 0 radical (unpaired) electrons. The van der Waals surface area contributed by atoms with Crippen LogP contribution in [0, 0.1) is 0 Å². The minimum Gasteiger partial charge on any atom is -0.341 e. The second-order valence-electron chi connectivity index (χ2n) is 6.79. The maximum atomic E-state index is 12.1. The second kappa shape index (κ2) is 7.66. The van der Waals surface area contributed by atoms with Gasteiger partial charge >= 0.3 is 0 Å². The molecule has 1 fully saturated rings. The lowest BCUT2D eigenvalue weighted by Crippen LogP contribution is -2.38. The van der Waals surface area contributed by atoms with Crippen LogP contribution < -0.4 is 0 Å². The lowest BCUT2D eigenvalue weighted by molar-refractivity contribution is 0.343. The molecule has 0 aromatic heterocycles. The number of hydrogen-bond acceptors (Lipinski definition) is 5. The van der Waals surface area contributed by atoms with E-state index in [1.54, 1.807) is 11.8 Å². The number of rotatable bonds is 4. The van der Waals surface area contributed by atoms with E-state index in [-0.39, 0.29) is 23.6 Å². The lowest BCUT2D eigenvalue weighted by atomic mass is 10.1. The van der Waals surface area contributed by atoms with Gasteiger partial charge in [0.15, 0.2) is 15.0 Å². The van der Waals surface area contributed by atoms with Crippen LogP contribution in [-0.2, 0) is 22.1 Å². The minimum atomic E-state index is -3.03. The molecular formula is C19H18Cl2N2O2S2. The van der Waals surface area contributed by atoms with Crippen molar-refractivity contribution in [3.05, 3.63) is 69.7 Å². The largest absolute Gasteiger partial charge is 0.341 e. The first-order valence-electron chi connectivity index (χ1n) is 8.56. The normalized spacial score (nSPS) is 23.3. The van der Waals surface area contributed by atoms with Gasteiger partial charge in [-0.2, -0.15) is 0 Å². The van der Waals surface area contributed by atoms with E-state index >= 15 is 0 Å². The third-order valence-electron chi connectivity index (χ3n) is 4.76. The highest BCUT2D eigenvalue weighted by molar-refractivity contribution is 8.13. The van der Waals surface area contributed by atoms with Gasteiger partial charge in [0.2, 0.25) is 0 Å². The third-order valence-corrected chi connectivity index (χ3v) is 8.04. The summed E-state index contributed by atoms with van der Waals surface area (Å²) in [4.78, 5) is 6.89. The summed E-state index contributed by atoms with van der Waals surface area (Å²) in [5.41, 5.74) is 2.24. The molecule has 4 nitrogen and oxygen atoms in total. The van der Waals surface area contributed by atoms with E-state index in [1.165, 1.54) is 0 Å². The van der Waals surface area contributed by atoms with Gasteiger partial charge in [0, 0.05) is 22.3 Å². The van der Waals surface area contributed by atoms with E-state index < -0.39 is 9.84 Å². The van der Waals surface area contributed by atoms with Gasteiger partial charge in [-0.05, 0) is 35.4 Å². The molecule has 4 rings (SSSR count). The van der Waals surface area contributed by atoms with Gasteiger partial charge < -0.3 is 4.90 Å². The molecule has 0 spiro atoms. The third kappa shape index (κ3) is 4.45. The molecule has 2 heterocycles. The van der Waals surface area contributed by atoms with Crippen LogP contribution >= 0.6 is 35.0 Å². The van der Waals surface area contributed by atoms with Crippen LogP contribution in [0.15, 0.2) is 53.5 Å². The van der Waals surface area contributed by atoms with Crippen molar-refractivity contribution in [1.82, 2.24) is 4.90 Å². The number of fused-ring (bicyclic) bond motifs is 1. The van der Waals surface area contributed by atoms with Crippen molar-refractivity contribution in [2.75, 3.05) is 11.5 Å². The molecule has 2 aromatic carbocycles. The Morgan fingerprint density at radius 2 is 1.56 bits per heavy atom. The van der Waals surface area contributed by atoms with Crippen LogP contribution in [0.25, 0.3) is 0 Å².